The van der Waals surface area contributed by atoms with Crippen LogP contribution in [0.5, 0.6) is 0 Å². The maximum absolute atomic E-state index is 13.1. The van der Waals surface area contributed by atoms with E-state index in [9.17, 15) is 8.78 Å². The molecule has 2 aromatic rings. The maximum Gasteiger partial charge on any atom is 0.170 e. The highest BCUT2D eigenvalue weighted by atomic mass is 35.5. The van der Waals surface area contributed by atoms with Crippen LogP contribution in [0.1, 0.15) is 11.1 Å². The number of hydrogen-bond donors (Lipinski definition) is 3. The zero-order valence-electron chi connectivity index (χ0n) is 10.8. The van der Waals surface area contributed by atoms with E-state index in [4.69, 9.17) is 22.5 Å². The Bertz CT molecular complexity index is 692. The predicted octanol–water partition coefficient (Wildman–Crippen LogP) is 3.32. The Balaban J connectivity index is 2.11. The summed E-state index contributed by atoms with van der Waals surface area (Å²) in [6.45, 7) is 0.320. The van der Waals surface area contributed by atoms with Gasteiger partial charge in [0, 0.05) is 28.9 Å². The fourth-order valence-corrected chi connectivity index (χ4v) is 1.96. The van der Waals surface area contributed by atoms with E-state index in [0.717, 1.165) is 17.7 Å². The average Bonchev–Trinajstić information content (AvgIpc) is 2.48. The monoisotopic (exact) mass is 311 g/mol. The van der Waals surface area contributed by atoms with E-state index < -0.39 is 11.6 Å². The first-order valence-corrected chi connectivity index (χ1v) is 6.34. The van der Waals surface area contributed by atoms with Crippen LogP contribution in [0.3, 0.4) is 0 Å². The molecule has 0 saturated heterocycles. The van der Waals surface area contributed by atoms with Crippen LogP contribution in [0.4, 0.5) is 14.5 Å². The molecule has 21 heavy (non-hydrogen) atoms. The van der Waals surface area contributed by atoms with E-state index in [-0.39, 0.29) is 5.84 Å². The summed E-state index contributed by atoms with van der Waals surface area (Å²) >= 11 is 6.09. The van der Waals surface area contributed by atoms with Crippen LogP contribution in [0.15, 0.2) is 41.6 Å². The van der Waals surface area contributed by atoms with E-state index in [1.54, 1.807) is 18.2 Å². The van der Waals surface area contributed by atoms with Gasteiger partial charge in [0.15, 0.2) is 17.5 Å². The molecule has 2 aromatic carbocycles. The maximum atomic E-state index is 13.1. The Hall–Kier alpha value is -2.34. The molecule has 0 heterocycles. The lowest BCUT2D eigenvalue weighted by molar-refractivity contribution is 0.318. The molecule has 0 radical (unpaired) electrons. The van der Waals surface area contributed by atoms with Gasteiger partial charge in [0.2, 0.25) is 0 Å². The molecule has 0 spiro atoms. The Morgan fingerprint density at radius 3 is 2.57 bits per heavy atom. The zero-order valence-corrected chi connectivity index (χ0v) is 11.5. The topological polar surface area (TPSA) is 70.6 Å². The first kappa shape index (κ1) is 15.1. The highest BCUT2D eigenvalue weighted by Crippen LogP contribution is 2.20. The number of benzene rings is 2. The lowest BCUT2D eigenvalue weighted by Gasteiger charge is -2.09. The average molecular weight is 312 g/mol. The summed E-state index contributed by atoms with van der Waals surface area (Å²) < 4.78 is 25.9. The summed E-state index contributed by atoms with van der Waals surface area (Å²) in [6.07, 6.45) is 0. The minimum absolute atomic E-state index is 0.0444. The molecule has 0 saturated carbocycles. The number of anilines is 1. The standard InChI is InChI=1S/C14H12ClF2N3O/c15-11-5-8(14(18)20-21)1-2-9(11)7-19-10-3-4-12(16)13(17)6-10/h1-6,19,21H,7H2,(H2,18,20). The van der Waals surface area contributed by atoms with Gasteiger partial charge in [0.05, 0.1) is 0 Å². The van der Waals surface area contributed by atoms with Crippen LogP contribution in [-0.4, -0.2) is 11.0 Å². The highest BCUT2D eigenvalue weighted by Gasteiger charge is 2.06. The van der Waals surface area contributed by atoms with Gasteiger partial charge in [-0.1, -0.05) is 28.9 Å². The Kier molecular flexibility index (Phi) is 4.59. The highest BCUT2D eigenvalue weighted by molar-refractivity contribution is 6.31. The van der Waals surface area contributed by atoms with Gasteiger partial charge in [0.25, 0.3) is 0 Å². The molecule has 0 aliphatic heterocycles. The number of rotatable bonds is 4. The van der Waals surface area contributed by atoms with Gasteiger partial charge < -0.3 is 16.3 Å². The smallest absolute Gasteiger partial charge is 0.170 e. The van der Waals surface area contributed by atoms with Crippen LogP contribution in [0, 0.1) is 11.6 Å². The zero-order chi connectivity index (χ0) is 15.4. The summed E-state index contributed by atoms with van der Waals surface area (Å²) in [5.41, 5.74) is 7.11. The minimum Gasteiger partial charge on any atom is -0.409 e. The predicted molar refractivity (Wildman–Crippen MR) is 77.6 cm³/mol. The van der Waals surface area contributed by atoms with Gasteiger partial charge in [-0.05, 0) is 23.8 Å². The summed E-state index contributed by atoms with van der Waals surface area (Å²) in [7, 11) is 0. The second-order valence-corrected chi connectivity index (χ2v) is 4.68. The number of nitrogens with one attached hydrogen (secondary N) is 1. The van der Waals surface area contributed by atoms with Crippen molar-refractivity contribution in [2.75, 3.05) is 5.32 Å². The third-order valence-electron chi connectivity index (χ3n) is 2.86. The van der Waals surface area contributed by atoms with Gasteiger partial charge >= 0.3 is 0 Å². The summed E-state index contributed by atoms with van der Waals surface area (Å²) in [6, 6.07) is 8.43. The van der Waals surface area contributed by atoms with Gasteiger partial charge in [-0.3, -0.25) is 0 Å². The molecule has 7 heteroatoms. The molecular weight excluding hydrogens is 300 g/mol. The molecular formula is C14H12ClF2N3O. The molecule has 0 atom stereocenters. The Morgan fingerprint density at radius 1 is 1.19 bits per heavy atom. The minimum atomic E-state index is -0.923. The molecule has 0 fully saturated rings. The fourth-order valence-electron chi connectivity index (χ4n) is 1.71. The van der Waals surface area contributed by atoms with Gasteiger partial charge in [0.1, 0.15) is 0 Å². The number of nitrogens with two attached hydrogens (primary N) is 1. The van der Waals surface area contributed by atoms with Crippen molar-refractivity contribution in [2.24, 2.45) is 10.9 Å². The number of nitrogens with zero attached hydrogens (tertiary/aromatic N) is 1. The van der Waals surface area contributed by atoms with Crippen molar-refractivity contribution in [2.45, 2.75) is 6.54 Å². The first-order chi connectivity index (χ1) is 10.0. The molecule has 0 aliphatic rings. The van der Waals surface area contributed by atoms with Crippen LogP contribution < -0.4 is 11.1 Å². The molecule has 0 bridgehead atoms. The molecule has 4 nitrogen and oxygen atoms in total. The lowest BCUT2D eigenvalue weighted by Crippen LogP contribution is -2.13. The number of oxime groups is 1. The molecule has 110 valence electrons. The molecule has 4 N–H and O–H groups in total. The summed E-state index contributed by atoms with van der Waals surface area (Å²) in [4.78, 5) is 0. The van der Waals surface area contributed by atoms with Crippen LogP contribution in [0.2, 0.25) is 5.02 Å². The molecule has 0 unspecified atom stereocenters. The second-order valence-electron chi connectivity index (χ2n) is 4.27. The van der Waals surface area contributed by atoms with Crippen molar-refractivity contribution in [1.29, 1.82) is 0 Å². The number of hydrogen-bond acceptors (Lipinski definition) is 3. The second kappa shape index (κ2) is 6.41. The van der Waals surface area contributed by atoms with Gasteiger partial charge in [-0.25, -0.2) is 8.78 Å². The van der Waals surface area contributed by atoms with E-state index >= 15 is 0 Å². The quantitative estimate of drug-likeness (QED) is 0.351. The Morgan fingerprint density at radius 2 is 1.95 bits per heavy atom. The lowest BCUT2D eigenvalue weighted by atomic mass is 10.1. The summed E-state index contributed by atoms with van der Waals surface area (Å²) in [5, 5.41) is 14.8. The molecule has 2 rings (SSSR count). The molecule has 0 aliphatic carbocycles. The van der Waals surface area contributed by atoms with E-state index in [1.165, 1.54) is 6.07 Å². The summed E-state index contributed by atoms with van der Waals surface area (Å²) in [5.74, 6) is -1.87. The van der Waals surface area contributed by atoms with Crippen molar-refractivity contribution in [3.63, 3.8) is 0 Å². The van der Waals surface area contributed by atoms with E-state index in [1.807, 2.05) is 0 Å². The van der Waals surface area contributed by atoms with Crippen molar-refractivity contribution in [3.05, 3.63) is 64.2 Å². The third kappa shape index (κ3) is 3.61. The third-order valence-corrected chi connectivity index (χ3v) is 3.21. The van der Waals surface area contributed by atoms with Crippen LogP contribution in [-0.2, 0) is 6.54 Å². The van der Waals surface area contributed by atoms with Crippen molar-refractivity contribution in [1.82, 2.24) is 0 Å². The normalized spacial score (nSPS) is 11.5. The van der Waals surface area contributed by atoms with Gasteiger partial charge in [-0.2, -0.15) is 0 Å². The van der Waals surface area contributed by atoms with Crippen molar-refractivity contribution in [3.8, 4) is 0 Å². The first-order valence-electron chi connectivity index (χ1n) is 5.96. The van der Waals surface area contributed by atoms with Gasteiger partial charge in [-0.15, -0.1) is 0 Å². The Labute approximate surface area is 124 Å². The SMILES string of the molecule is N/C(=N/O)c1ccc(CNc2ccc(F)c(F)c2)c(Cl)c1. The largest absolute Gasteiger partial charge is 0.409 e. The number of halogens is 3. The van der Waals surface area contributed by atoms with E-state index in [0.29, 0.717) is 22.8 Å². The van der Waals surface area contributed by atoms with Crippen LogP contribution >= 0.6 is 11.6 Å². The molecule has 0 aromatic heterocycles. The van der Waals surface area contributed by atoms with E-state index in [2.05, 4.69) is 10.5 Å². The van der Waals surface area contributed by atoms with Crippen molar-refractivity contribution >= 4 is 23.1 Å². The van der Waals surface area contributed by atoms with Crippen molar-refractivity contribution < 1.29 is 14.0 Å². The van der Waals surface area contributed by atoms with Crippen LogP contribution in [0.25, 0.3) is 0 Å². The number of amidine groups is 1. The molecule has 0 amide bonds. The fraction of sp³-hybridized carbons (Fsp3) is 0.0714.